The molecule has 1 unspecified atom stereocenters. The Balaban J connectivity index is 1.22. The predicted molar refractivity (Wildman–Crippen MR) is 283 cm³/mol. The van der Waals surface area contributed by atoms with Gasteiger partial charge in [-0.15, -0.1) is 0 Å². The van der Waals surface area contributed by atoms with Gasteiger partial charge in [0, 0.05) is 48.0 Å². The van der Waals surface area contributed by atoms with E-state index in [0.717, 1.165) is 11.1 Å². The van der Waals surface area contributed by atoms with Crippen molar-refractivity contribution in [1.82, 2.24) is 52.3 Å². The number of carbonyl (C=O) groups is 7. The number of benzene rings is 3. The van der Waals surface area contributed by atoms with Crippen LogP contribution in [0.5, 0.6) is 0 Å². The lowest BCUT2D eigenvalue weighted by molar-refractivity contribution is -0.143. The third kappa shape index (κ3) is 13.6. The van der Waals surface area contributed by atoms with Gasteiger partial charge in [-0.1, -0.05) is 101 Å². The van der Waals surface area contributed by atoms with Crippen LogP contribution in [0.3, 0.4) is 0 Å². The zero-order chi connectivity index (χ0) is 54.0. The smallest absolute Gasteiger partial charge is 0.251 e. The van der Waals surface area contributed by atoms with Crippen molar-refractivity contribution >= 4 is 47.0 Å². The lowest BCUT2D eigenvalue weighted by Crippen LogP contribution is -2.59. The molecule has 19 nitrogen and oxygen atoms in total. The van der Waals surface area contributed by atoms with E-state index in [-0.39, 0.29) is 71.9 Å². The fourth-order valence-electron chi connectivity index (χ4n) is 9.83. The Bertz CT molecular complexity index is 2460. The maximum Gasteiger partial charge on any atom is 0.251 e. The molecule has 13 atom stereocenters. The molecule has 0 radical (unpaired) electrons. The Labute approximate surface area is 436 Å². The molecular weight excluding hydrogens is 943 g/mol. The van der Waals surface area contributed by atoms with E-state index in [1.807, 2.05) is 102 Å². The second-order valence-corrected chi connectivity index (χ2v) is 20.5. The summed E-state index contributed by atoms with van der Waals surface area (Å²) in [5, 5.41) is 24.5. The minimum absolute atomic E-state index is 0.0270. The number of rotatable bonds is 23. The number of anilines is 1. The van der Waals surface area contributed by atoms with Crippen LogP contribution >= 0.6 is 0 Å². The van der Waals surface area contributed by atoms with Crippen LogP contribution < -0.4 is 48.3 Å². The number of likely N-dealkylation sites (tertiary alicyclic amines) is 2. The van der Waals surface area contributed by atoms with Gasteiger partial charge >= 0.3 is 0 Å². The fourth-order valence-corrected chi connectivity index (χ4v) is 9.83. The highest BCUT2D eigenvalue weighted by Crippen LogP contribution is 2.40. The summed E-state index contributed by atoms with van der Waals surface area (Å²) in [6.07, 6.45) is 1.59. The van der Waals surface area contributed by atoms with Crippen LogP contribution in [-0.4, -0.2) is 139 Å². The highest BCUT2D eigenvalue weighted by Gasteiger charge is 2.59. The number of likely N-dealkylation sites (N-methyl/N-ethyl adjacent to an activating group) is 2. The van der Waals surface area contributed by atoms with E-state index in [1.165, 1.54) is 23.1 Å². The van der Waals surface area contributed by atoms with Crippen LogP contribution in [0.2, 0.25) is 0 Å². The van der Waals surface area contributed by atoms with Crippen molar-refractivity contribution in [1.29, 1.82) is 0 Å². The molecule has 0 bridgehead atoms. The van der Waals surface area contributed by atoms with Gasteiger partial charge in [-0.25, -0.2) is 0 Å². The van der Waals surface area contributed by atoms with Crippen molar-refractivity contribution in [2.24, 2.45) is 11.8 Å². The first-order chi connectivity index (χ1) is 35.2. The Kier molecular flexibility index (Phi) is 19.4. The fraction of sp³-hybridized carbons (Fsp3) is 0.545. The van der Waals surface area contributed by atoms with Crippen molar-refractivity contribution in [2.45, 2.75) is 147 Å². The SMILES string of the molecule is CC[C@@H](C)[C@H](NC(=O)[C@H](C)NC)C(=O)N1C[C@@H](NC(=O)c2cc(N)cc(C(=O)N[C@H]3C[C@@H](C(=O)N[C@H](C)c4ccccc4)N(C(=O)[C@@H](NC(=O)[C@H](C)NC)[C@H](C)CC)C3)c2)C[C@H]1C1(N[C@H](C)c2ccccc2)CO1. The number of nitrogens with two attached hydrogens (primary N) is 1. The molecule has 3 saturated heterocycles. The molecule has 3 fully saturated rings. The molecule has 0 spiro atoms. The molecule has 3 aliphatic rings. The van der Waals surface area contributed by atoms with Crippen molar-refractivity contribution in [3.8, 4) is 0 Å². The molecule has 6 rings (SSSR count). The van der Waals surface area contributed by atoms with Gasteiger partial charge in [0.2, 0.25) is 29.5 Å². The Morgan fingerprint density at radius 3 is 1.54 bits per heavy atom. The van der Waals surface area contributed by atoms with Crippen molar-refractivity contribution in [2.75, 3.05) is 39.5 Å². The van der Waals surface area contributed by atoms with Gasteiger partial charge in [0.25, 0.3) is 11.8 Å². The van der Waals surface area contributed by atoms with E-state index < -0.39 is 83.7 Å². The number of carbonyl (C=O) groups excluding carboxylic acids is 7. The van der Waals surface area contributed by atoms with Crippen LogP contribution in [-0.2, 0) is 28.7 Å². The molecule has 0 saturated carbocycles. The predicted octanol–water partition coefficient (Wildman–Crippen LogP) is 2.90. The average Bonchev–Trinajstić information content (AvgIpc) is 3.85. The van der Waals surface area contributed by atoms with Crippen LogP contribution in [0.25, 0.3) is 0 Å². The number of nitrogen functional groups attached to an aromatic ring is 1. The quantitative estimate of drug-likeness (QED) is 0.0491. The molecule has 402 valence electrons. The number of hydrogen-bond donors (Lipinski definition) is 9. The first kappa shape index (κ1) is 56.9. The maximum absolute atomic E-state index is 14.8. The summed E-state index contributed by atoms with van der Waals surface area (Å²) < 4.78 is 6.20. The molecule has 3 aliphatic heterocycles. The minimum atomic E-state index is -0.987. The molecule has 3 heterocycles. The van der Waals surface area contributed by atoms with E-state index in [9.17, 15) is 33.6 Å². The van der Waals surface area contributed by atoms with Crippen LogP contribution in [0.4, 0.5) is 5.69 Å². The summed E-state index contributed by atoms with van der Waals surface area (Å²) in [5.74, 6) is -3.41. The van der Waals surface area contributed by atoms with Crippen LogP contribution in [0.15, 0.2) is 78.9 Å². The van der Waals surface area contributed by atoms with Gasteiger partial charge < -0.3 is 57.5 Å². The number of hydrogen-bond acceptors (Lipinski definition) is 12. The van der Waals surface area contributed by atoms with E-state index in [0.29, 0.717) is 25.9 Å². The molecular formula is C55H79N11O8. The van der Waals surface area contributed by atoms with Crippen LogP contribution in [0, 0.1) is 11.8 Å². The van der Waals surface area contributed by atoms with E-state index in [4.69, 9.17) is 10.5 Å². The summed E-state index contributed by atoms with van der Waals surface area (Å²) in [4.78, 5) is 102. The van der Waals surface area contributed by atoms with E-state index in [1.54, 1.807) is 32.8 Å². The maximum atomic E-state index is 14.8. The van der Waals surface area contributed by atoms with E-state index in [2.05, 4.69) is 42.5 Å². The summed E-state index contributed by atoms with van der Waals surface area (Å²) in [6, 6.07) is 17.4. The zero-order valence-corrected chi connectivity index (χ0v) is 44.6. The van der Waals surface area contributed by atoms with Crippen molar-refractivity contribution in [3.05, 3.63) is 101 Å². The summed E-state index contributed by atoms with van der Waals surface area (Å²) in [5.41, 5.74) is 7.69. The molecule has 19 heteroatoms. The summed E-state index contributed by atoms with van der Waals surface area (Å²) >= 11 is 0. The molecule has 0 aromatic heterocycles. The van der Waals surface area contributed by atoms with Gasteiger partial charge in [0.1, 0.15) is 18.1 Å². The van der Waals surface area contributed by atoms with Gasteiger partial charge in [-0.3, -0.25) is 38.9 Å². The van der Waals surface area contributed by atoms with Crippen molar-refractivity contribution in [3.63, 3.8) is 0 Å². The summed E-state index contributed by atoms with van der Waals surface area (Å²) in [6.45, 7) is 15.4. The minimum Gasteiger partial charge on any atom is -0.399 e. The van der Waals surface area contributed by atoms with Gasteiger partial charge in [0.05, 0.1) is 30.8 Å². The molecule has 0 aliphatic carbocycles. The third-order valence-electron chi connectivity index (χ3n) is 15.2. The highest BCUT2D eigenvalue weighted by molar-refractivity contribution is 6.01. The summed E-state index contributed by atoms with van der Waals surface area (Å²) in [7, 11) is 3.33. The Morgan fingerprint density at radius 1 is 0.635 bits per heavy atom. The molecule has 7 amide bonds. The number of epoxide rings is 1. The number of ether oxygens (including phenoxy) is 1. The average molecular weight is 1020 g/mol. The highest BCUT2D eigenvalue weighted by atomic mass is 16.6. The topological polar surface area (TPSA) is 261 Å². The number of amides is 7. The molecule has 3 aromatic rings. The Hall–Kier alpha value is -6.41. The van der Waals surface area contributed by atoms with Gasteiger partial charge in [-0.05, 0) is 95.8 Å². The molecule has 3 aromatic carbocycles. The third-order valence-corrected chi connectivity index (χ3v) is 15.2. The number of nitrogens with zero attached hydrogens (tertiary/aromatic N) is 2. The molecule has 10 N–H and O–H groups in total. The van der Waals surface area contributed by atoms with Crippen molar-refractivity contribution < 1.29 is 38.3 Å². The van der Waals surface area contributed by atoms with Crippen LogP contribution in [0.1, 0.15) is 125 Å². The van der Waals surface area contributed by atoms with Gasteiger partial charge in [0.15, 0.2) is 5.72 Å². The lowest BCUT2D eigenvalue weighted by atomic mass is 9.96. The first-order valence-electron chi connectivity index (χ1n) is 26.1. The Morgan fingerprint density at radius 2 is 1.08 bits per heavy atom. The second-order valence-electron chi connectivity index (χ2n) is 20.5. The first-order valence-corrected chi connectivity index (χ1v) is 26.1. The largest absolute Gasteiger partial charge is 0.399 e. The number of nitrogens with one attached hydrogen (secondary N) is 8. The zero-order valence-electron chi connectivity index (χ0n) is 44.6. The monoisotopic (exact) mass is 1020 g/mol. The lowest BCUT2D eigenvalue weighted by Gasteiger charge is -2.35. The standard InChI is InChI=1S/C55H79N11O8/c1-11-31(3)46(62-48(67)35(7)57-9)53(72)65-28-42(26-44(65)52(71)59-33(5)37-19-15-13-16-20-37)60-50(69)39-23-40(25-41(56)24-39)51(70)61-43-27-45(55(30-74-55)64-34(6)38-21-17-14-18-22-38)66(29-43)54(73)47(32(4)12-2)63-49(68)36(8)58-10/h13-25,31-36,42-47,57-58,64H,11-12,26-30,56H2,1-10H3,(H,59,71)(H,60,69)(H,61,70)(H,62,67)(H,63,68)/t31-,32-,33-,34-,35+,36+,42+,43+,44+,45+,46+,47+,55?/m1/s1. The normalized spacial score (nSPS) is 23.5. The van der Waals surface area contributed by atoms with Gasteiger partial charge in [-0.2, -0.15) is 0 Å². The molecule has 74 heavy (non-hydrogen) atoms. The second kappa shape index (κ2) is 25.2. The van der Waals surface area contributed by atoms with E-state index >= 15 is 0 Å².